The van der Waals surface area contributed by atoms with Crippen LogP contribution < -0.4 is 0 Å². The summed E-state index contributed by atoms with van der Waals surface area (Å²) in [5.74, 6) is 1.84. The van der Waals surface area contributed by atoms with Crippen molar-refractivity contribution in [3.63, 3.8) is 0 Å². The van der Waals surface area contributed by atoms with Crippen molar-refractivity contribution in [3.8, 4) is 0 Å². The summed E-state index contributed by atoms with van der Waals surface area (Å²) in [7, 11) is 0. The number of ether oxygens (including phenoxy) is 2. The third-order valence-electron chi connectivity index (χ3n) is 5.01. The average molecular weight is 351 g/mol. The highest BCUT2D eigenvalue weighted by Gasteiger charge is 2.33. The van der Waals surface area contributed by atoms with Gasteiger partial charge in [0.05, 0.1) is 19.3 Å². The number of hydrogen-bond donors (Lipinski definition) is 0. The molecule has 0 radical (unpaired) electrons. The topological polar surface area (TPSA) is 77.7 Å². The summed E-state index contributed by atoms with van der Waals surface area (Å²) in [6.45, 7) is 7.77. The Morgan fingerprint density at radius 1 is 1.36 bits per heavy atom. The van der Waals surface area contributed by atoms with Gasteiger partial charge in [-0.05, 0) is 18.8 Å². The zero-order valence-corrected chi connectivity index (χ0v) is 15.4. The number of amides is 1. The third kappa shape index (κ3) is 4.58. The molecule has 7 heteroatoms. The van der Waals surface area contributed by atoms with Crippen molar-refractivity contribution in [2.45, 2.75) is 64.5 Å². The Labute approximate surface area is 149 Å². The summed E-state index contributed by atoms with van der Waals surface area (Å²) in [5, 5.41) is 8.19. The number of carbonyl (C=O) groups excluding carboxylic acids is 1. The van der Waals surface area contributed by atoms with Gasteiger partial charge in [-0.3, -0.25) is 4.79 Å². The molecule has 3 rings (SSSR count). The van der Waals surface area contributed by atoms with Crippen LogP contribution in [-0.2, 0) is 14.3 Å². The fraction of sp³-hybridized carbons (Fsp3) is 0.833. The molecule has 1 saturated carbocycles. The largest absolute Gasteiger partial charge is 0.423 e. The highest BCUT2D eigenvalue weighted by atomic mass is 16.5. The minimum absolute atomic E-state index is 0.0316. The summed E-state index contributed by atoms with van der Waals surface area (Å²) >= 11 is 0. The van der Waals surface area contributed by atoms with E-state index in [1.165, 1.54) is 12.8 Å². The molecule has 3 atom stereocenters. The van der Waals surface area contributed by atoms with Gasteiger partial charge in [0, 0.05) is 12.5 Å². The summed E-state index contributed by atoms with van der Waals surface area (Å²) < 4.78 is 17.2. The first-order valence-electron chi connectivity index (χ1n) is 9.36. The molecular formula is C18H29N3O4. The van der Waals surface area contributed by atoms with Gasteiger partial charge in [-0.15, -0.1) is 10.2 Å². The van der Waals surface area contributed by atoms with Gasteiger partial charge in [0.1, 0.15) is 12.6 Å². The predicted molar refractivity (Wildman–Crippen MR) is 91.0 cm³/mol. The van der Waals surface area contributed by atoms with Crippen LogP contribution >= 0.6 is 0 Å². The van der Waals surface area contributed by atoms with Gasteiger partial charge in [0.15, 0.2) is 0 Å². The van der Waals surface area contributed by atoms with Crippen molar-refractivity contribution in [1.29, 1.82) is 0 Å². The first-order chi connectivity index (χ1) is 12.0. The standard InChI is InChI=1S/C18H29N3O4/c1-12(2)17-19-20-18(25-17)15-10-23-8-7-21(15)16(22)11-24-14-6-4-5-13(3)9-14/h12-15H,4-11H2,1-3H3/t13-,14-,15-/m1/s1. The normalized spacial score (nSPS) is 27.7. The van der Waals surface area contributed by atoms with Crippen LogP contribution in [-0.4, -0.2) is 53.5 Å². The molecular weight excluding hydrogens is 322 g/mol. The fourth-order valence-electron chi connectivity index (χ4n) is 3.52. The van der Waals surface area contributed by atoms with Crippen LogP contribution in [0.3, 0.4) is 0 Å². The Kier molecular flexibility index (Phi) is 6.06. The second kappa shape index (κ2) is 8.27. The molecule has 2 aliphatic rings. The number of carbonyl (C=O) groups is 1. The van der Waals surface area contributed by atoms with Crippen molar-refractivity contribution in [1.82, 2.24) is 15.1 Å². The van der Waals surface area contributed by atoms with Crippen molar-refractivity contribution < 1.29 is 18.7 Å². The third-order valence-corrected chi connectivity index (χ3v) is 5.01. The molecule has 1 aliphatic carbocycles. The summed E-state index contributed by atoms with van der Waals surface area (Å²) in [4.78, 5) is 14.5. The first-order valence-corrected chi connectivity index (χ1v) is 9.36. The van der Waals surface area contributed by atoms with Crippen LogP contribution in [0.4, 0.5) is 0 Å². The number of hydrogen-bond acceptors (Lipinski definition) is 6. The average Bonchev–Trinajstić information content (AvgIpc) is 3.10. The molecule has 1 aromatic heterocycles. The molecule has 1 aromatic rings. The van der Waals surface area contributed by atoms with E-state index < -0.39 is 0 Å². The smallest absolute Gasteiger partial charge is 0.249 e. The zero-order valence-electron chi connectivity index (χ0n) is 15.4. The van der Waals surface area contributed by atoms with Gasteiger partial charge in [-0.1, -0.05) is 33.6 Å². The molecule has 2 heterocycles. The van der Waals surface area contributed by atoms with E-state index in [0.717, 1.165) is 12.8 Å². The maximum atomic E-state index is 12.7. The van der Waals surface area contributed by atoms with Crippen molar-refractivity contribution in [2.75, 3.05) is 26.4 Å². The zero-order chi connectivity index (χ0) is 17.8. The van der Waals surface area contributed by atoms with Crippen LogP contribution in [0.15, 0.2) is 4.42 Å². The predicted octanol–water partition coefficient (Wildman–Crippen LogP) is 2.69. The van der Waals surface area contributed by atoms with Gasteiger partial charge in [-0.25, -0.2) is 0 Å². The molecule has 25 heavy (non-hydrogen) atoms. The van der Waals surface area contributed by atoms with E-state index in [-0.39, 0.29) is 30.6 Å². The van der Waals surface area contributed by atoms with Gasteiger partial charge < -0.3 is 18.8 Å². The van der Waals surface area contributed by atoms with Crippen LogP contribution in [0.5, 0.6) is 0 Å². The Bertz CT molecular complexity index is 574. The van der Waals surface area contributed by atoms with E-state index >= 15 is 0 Å². The quantitative estimate of drug-likeness (QED) is 0.812. The van der Waals surface area contributed by atoms with E-state index in [9.17, 15) is 4.79 Å². The van der Waals surface area contributed by atoms with Crippen molar-refractivity contribution >= 4 is 5.91 Å². The maximum absolute atomic E-state index is 12.7. The van der Waals surface area contributed by atoms with Crippen LogP contribution in [0, 0.1) is 5.92 Å². The highest BCUT2D eigenvalue weighted by Crippen LogP contribution is 2.27. The lowest BCUT2D eigenvalue weighted by Gasteiger charge is -2.34. The lowest BCUT2D eigenvalue weighted by molar-refractivity contribution is -0.149. The van der Waals surface area contributed by atoms with Crippen LogP contribution in [0.1, 0.15) is 70.2 Å². The molecule has 140 valence electrons. The molecule has 0 unspecified atom stereocenters. The molecule has 1 saturated heterocycles. The number of morpholine rings is 1. The fourth-order valence-corrected chi connectivity index (χ4v) is 3.52. The van der Waals surface area contributed by atoms with E-state index in [1.807, 2.05) is 13.8 Å². The number of rotatable bonds is 5. The van der Waals surface area contributed by atoms with Crippen molar-refractivity contribution in [2.24, 2.45) is 5.92 Å². The number of nitrogens with zero attached hydrogens (tertiary/aromatic N) is 3. The second-order valence-electron chi connectivity index (χ2n) is 7.52. The van der Waals surface area contributed by atoms with Crippen LogP contribution in [0.25, 0.3) is 0 Å². The van der Waals surface area contributed by atoms with Gasteiger partial charge in [-0.2, -0.15) is 0 Å². The van der Waals surface area contributed by atoms with Gasteiger partial charge in [0.25, 0.3) is 0 Å². The van der Waals surface area contributed by atoms with E-state index in [1.54, 1.807) is 4.90 Å². The first kappa shape index (κ1) is 18.3. The lowest BCUT2D eigenvalue weighted by Crippen LogP contribution is -2.45. The molecule has 7 nitrogen and oxygen atoms in total. The molecule has 1 amide bonds. The monoisotopic (exact) mass is 351 g/mol. The Morgan fingerprint density at radius 3 is 2.92 bits per heavy atom. The van der Waals surface area contributed by atoms with E-state index in [0.29, 0.717) is 37.5 Å². The molecule has 0 N–H and O–H groups in total. The molecule has 0 bridgehead atoms. The van der Waals surface area contributed by atoms with Crippen LogP contribution in [0.2, 0.25) is 0 Å². The van der Waals surface area contributed by atoms with E-state index in [4.69, 9.17) is 13.9 Å². The summed E-state index contributed by atoms with van der Waals surface area (Å²) in [6, 6.07) is -0.324. The Hall–Kier alpha value is -1.47. The Balaban J connectivity index is 1.60. The minimum Gasteiger partial charge on any atom is -0.423 e. The minimum atomic E-state index is -0.324. The number of aromatic nitrogens is 2. The molecule has 0 spiro atoms. The van der Waals surface area contributed by atoms with Gasteiger partial charge >= 0.3 is 0 Å². The molecule has 0 aromatic carbocycles. The molecule has 1 aliphatic heterocycles. The van der Waals surface area contributed by atoms with Gasteiger partial charge in [0.2, 0.25) is 17.7 Å². The SMILES string of the molecule is CC(C)c1nnc([C@H]2COCCN2C(=O)CO[C@@H]2CCC[C@@H](C)C2)o1. The van der Waals surface area contributed by atoms with E-state index in [2.05, 4.69) is 17.1 Å². The lowest BCUT2D eigenvalue weighted by atomic mass is 9.89. The summed E-state index contributed by atoms with van der Waals surface area (Å²) in [6.07, 6.45) is 4.73. The Morgan fingerprint density at radius 2 is 2.20 bits per heavy atom. The highest BCUT2D eigenvalue weighted by molar-refractivity contribution is 5.78. The summed E-state index contributed by atoms with van der Waals surface area (Å²) in [5.41, 5.74) is 0. The second-order valence-corrected chi connectivity index (χ2v) is 7.52. The van der Waals surface area contributed by atoms with Crippen molar-refractivity contribution in [3.05, 3.63) is 11.8 Å². The maximum Gasteiger partial charge on any atom is 0.249 e. The molecule has 2 fully saturated rings.